The lowest BCUT2D eigenvalue weighted by molar-refractivity contribution is -0.116. The van der Waals surface area contributed by atoms with E-state index in [1.165, 1.54) is 26.7 Å². The number of amides is 1. The van der Waals surface area contributed by atoms with Crippen molar-refractivity contribution < 1.29 is 4.79 Å². The molecule has 0 unspecified atom stereocenters. The fraction of sp³-hybridized carbons (Fsp3) is 0.167. The van der Waals surface area contributed by atoms with Crippen molar-refractivity contribution in [1.82, 2.24) is 19.7 Å². The monoisotopic (exact) mass is 354 g/mol. The molecule has 0 spiro atoms. The zero-order valence-electron chi connectivity index (χ0n) is 13.8. The number of aromatic nitrogens is 3. The number of thiophene rings is 1. The molecule has 1 amide bonds. The number of nitrogens with one attached hydrogen (secondary N) is 1. The van der Waals surface area contributed by atoms with Gasteiger partial charge in [-0.25, -0.2) is 9.48 Å². The molecule has 0 aliphatic rings. The van der Waals surface area contributed by atoms with Gasteiger partial charge in [-0.15, -0.1) is 16.4 Å². The van der Waals surface area contributed by atoms with Crippen LogP contribution in [0.3, 0.4) is 0 Å². The molecule has 0 bridgehead atoms. The Hall–Kier alpha value is -2.93. The molecule has 1 aromatic carbocycles. The highest BCUT2D eigenvalue weighted by atomic mass is 32.1. The Morgan fingerprint density at radius 1 is 1.24 bits per heavy atom. The number of rotatable bonds is 6. The Labute approximate surface area is 149 Å². The van der Waals surface area contributed by atoms with Gasteiger partial charge in [-0.3, -0.25) is 9.36 Å². The van der Waals surface area contributed by atoms with E-state index in [-0.39, 0.29) is 11.6 Å². The molecule has 2 heterocycles. The second kappa shape index (κ2) is 7.76. The fourth-order valence-corrected chi connectivity index (χ4v) is 3.08. The van der Waals surface area contributed by atoms with Crippen LogP contribution in [0, 0.1) is 0 Å². The Balaban J connectivity index is 1.57. The summed E-state index contributed by atoms with van der Waals surface area (Å²) in [7, 11) is 1.70. The van der Waals surface area contributed by atoms with Crippen LogP contribution in [0.1, 0.15) is 5.56 Å². The van der Waals surface area contributed by atoms with Gasteiger partial charge in [0.05, 0.1) is 11.4 Å². The molecule has 0 radical (unpaired) electrons. The third-order valence-corrected chi connectivity index (χ3v) is 4.50. The topological polar surface area (TPSA) is 68.9 Å². The molecule has 0 saturated carbocycles. The summed E-state index contributed by atoms with van der Waals surface area (Å²) in [5.41, 5.74) is 0.761. The molecule has 128 valence electrons. The standard InChI is InChI=1S/C18H18N4O2S/c1-21-17(15-8-5-13-25-15)20-22(18(21)24)12-11-19-16(23)10-9-14-6-3-2-4-7-14/h2-10,13H,11-12H2,1H3,(H,19,23). The van der Waals surface area contributed by atoms with Gasteiger partial charge in [0.2, 0.25) is 5.91 Å². The van der Waals surface area contributed by atoms with E-state index < -0.39 is 0 Å². The Morgan fingerprint density at radius 3 is 2.76 bits per heavy atom. The summed E-state index contributed by atoms with van der Waals surface area (Å²) in [5, 5.41) is 9.05. The summed E-state index contributed by atoms with van der Waals surface area (Å²) in [6.45, 7) is 0.654. The summed E-state index contributed by atoms with van der Waals surface area (Å²) in [6, 6.07) is 13.4. The molecule has 3 rings (SSSR count). The van der Waals surface area contributed by atoms with Crippen LogP contribution in [0.25, 0.3) is 16.8 Å². The first-order valence-electron chi connectivity index (χ1n) is 7.84. The van der Waals surface area contributed by atoms with Crippen LogP contribution in [0.15, 0.2) is 58.7 Å². The average molecular weight is 354 g/mol. The lowest BCUT2D eigenvalue weighted by Crippen LogP contribution is -2.30. The van der Waals surface area contributed by atoms with Crippen molar-refractivity contribution in [2.24, 2.45) is 7.05 Å². The molecule has 25 heavy (non-hydrogen) atoms. The lowest BCUT2D eigenvalue weighted by Gasteiger charge is -2.01. The highest BCUT2D eigenvalue weighted by Crippen LogP contribution is 2.20. The van der Waals surface area contributed by atoms with Crippen molar-refractivity contribution in [2.75, 3.05) is 6.54 Å². The van der Waals surface area contributed by atoms with Crippen LogP contribution in [-0.4, -0.2) is 26.8 Å². The summed E-state index contributed by atoms with van der Waals surface area (Å²) < 4.78 is 2.89. The van der Waals surface area contributed by atoms with Crippen LogP contribution in [0.2, 0.25) is 0 Å². The van der Waals surface area contributed by atoms with Crippen LogP contribution in [-0.2, 0) is 18.4 Å². The maximum absolute atomic E-state index is 12.2. The number of nitrogens with zero attached hydrogens (tertiary/aromatic N) is 3. The molecule has 7 heteroatoms. The smallest absolute Gasteiger partial charge is 0.346 e. The van der Waals surface area contributed by atoms with Gasteiger partial charge >= 0.3 is 5.69 Å². The van der Waals surface area contributed by atoms with E-state index in [0.717, 1.165) is 10.4 Å². The summed E-state index contributed by atoms with van der Waals surface area (Å²) in [5.74, 6) is 0.432. The maximum Gasteiger partial charge on any atom is 0.346 e. The molecule has 2 aromatic heterocycles. The predicted molar refractivity (Wildman–Crippen MR) is 99.3 cm³/mol. The predicted octanol–water partition coefficient (Wildman–Crippen LogP) is 2.14. The van der Waals surface area contributed by atoms with Crippen LogP contribution in [0.5, 0.6) is 0 Å². The van der Waals surface area contributed by atoms with Gasteiger partial charge in [-0.05, 0) is 23.1 Å². The lowest BCUT2D eigenvalue weighted by atomic mass is 10.2. The van der Waals surface area contributed by atoms with Gasteiger partial charge in [-0.1, -0.05) is 36.4 Å². The number of carbonyl (C=O) groups excluding carboxylic acids is 1. The van der Waals surface area contributed by atoms with Crippen molar-refractivity contribution in [3.8, 4) is 10.7 Å². The highest BCUT2D eigenvalue weighted by molar-refractivity contribution is 7.13. The van der Waals surface area contributed by atoms with Crippen molar-refractivity contribution >= 4 is 23.3 Å². The van der Waals surface area contributed by atoms with E-state index in [1.54, 1.807) is 13.1 Å². The number of carbonyl (C=O) groups is 1. The van der Waals surface area contributed by atoms with Crippen molar-refractivity contribution in [3.05, 3.63) is 70.0 Å². The molecule has 3 aromatic rings. The van der Waals surface area contributed by atoms with Gasteiger partial charge in [0.25, 0.3) is 0 Å². The van der Waals surface area contributed by atoms with Gasteiger partial charge in [-0.2, -0.15) is 0 Å². The summed E-state index contributed by atoms with van der Waals surface area (Å²) in [6.07, 6.45) is 3.23. The molecule has 0 saturated heterocycles. The molecule has 0 aliphatic carbocycles. The maximum atomic E-state index is 12.2. The zero-order valence-corrected chi connectivity index (χ0v) is 14.6. The second-order valence-electron chi connectivity index (χ2n) is 5.40. The van der Waals surface area contributed by atoms with E-state index >= 15 is 0 Å². The fourth-order valence-electron chi connectivity index (χ4n) is 2.33. The van der Waals surface area contributed by atoms with E-state index in [9.17, 15) is 9.59 Å². The van der Waals surface area contributed by atoms with Gasteiger partial charge in [0.1, 0.15) is 0 Å². The van der Waals surface area contributed by atoms with Crippen LogP contribution >= 0.6 is 11.3 Å². The first-order chi connectivity index (χ1) is 12.1. The third-order valence-electron chi connectivity index (χ3n) is 3.63. The summed E-state index contributed by atoms with van der Waals surface area (Å²) in [4.78, 5) is 25.0. The third kappa shape index (κ3) is 4.13. The quantitative estimate of drug-likeness (QED) is 0.690. The zero-order chi connectivity index (χ0) is 17.6. The minimum Gasteiger partial charge on any atom is -0.351 e. The molecule has 0 atom stereocenters. The molecule has 0 aliphatic heterocycles. The highest BCUT2D eigenvalue weighted by Gasteiger charge is 2.12. The first kappa shape index (κ1) is 16.9. The number of benzene rings is 1. The van der Waals surface area contributed by atoms with Gasteiger partial charge < -0.3 is 5.32 Å². The van der Waals surface area contributed by atoms with Crippen LogP contribution < -0.4 is 11.0 Å². The van der Waals surface area contributed by atoms with Crippen molar-refractivity contribution in [2.45, 2.75) is 6.54 Å². The SMILES string of the molecule is Cn1c(-c2cccs2)nn(CCNC(=O)C=Cc2ccccc2)c1=O. The van der Waals surface area contributed by atoms with Gasteiger partial charge in [0.15, 0.2) is 5.82 Å². The Bertz CT molecular complexity index is 924. The first-order valence-corrected chi connectivity index (χ1v) is 8.72. The minimum atomic E-state index is -0.202. The molecule has 1 N–H and O–H groups in total. The minimum absolute atomic E-state index is 0.197. The Kier molecular flexibility index (Phi) is 5.25. The average Bonchev–Trinajstić information content (AvgIpc) is 3.25. The van der Waals surface area contributed by atoms with Crippen molar-refractivity contribution in [1.29, 1.82) is 0 Å². The van der Waals surface area contributed by atoms with Crippen molar-refractivity contribution in [3.63, 3.8) is 0 Å². The molecule has 0 fully saturated rings. The Morgan fingerprint density at radius 2 is 2.04 bits per heavy atom. The van der Waals surface area contributed by atoms with E-state index in [4.69, 9.17) is 0 Å². The number of hydrogen-bond acceptors (Lipinski definition) is 4. The van der Waals surface area contributed by atoms with Crippen LogP contribution in [0.4, 0.5) is 0 Å². The summed E-state index contributed by atoms with van der Waals surface area (Å²) >= 11 is 1.53. The molecular formula is C18H18N4O2S. The molecule has 6 nitrogen and oxygen atoms in total. The normalized spacial score (nSPS) is 11.1. The van der Waals surface area contributed by atoms with E-state index in [1.807, 2.05) is 47.8 Å². The largest absolute Gasteiger partial charge is 0.351 e. The van der Waals surface area contributed by atoms with Gasteiger partial charge in [0, 0.05) is 19.7 Å². The number of hydrogen-bond donors (Lipinski definition) is 1. The second-order valence-corrected chi connectivity index (χ2v) is 6.35. The van der Waals surface area contributed by atoms with E-state index in [0.29, 0.717) is 18.9 Å². The van der Waals surface area contributed by atoms with E-state index in [2.05, 4.69) is 10.4 Å². The molecular weight excluding hydrogens is 336 g/mol.